The van der Waals surface area contributed by atoms with Gasteiger partial charge in [0, 0.05) is 31.3 Å². The molecule has 3 aromatic heterocycles. The van der Waals surface area contributed by atoms with Crippen molar-refractivity contribution >= 4 is 17.8 Å². The summed E-state index contributed by atoms with van der Waals surface area (Å²) in [6, 6.07) is 9.19. The van der Waals surface area contributed by atoms with Crippen molar-refractivity contribution in [2.45, 2.75) is 31.8 Å². The molecule has 2 amide bonds. The molecular weight excluding hydrogens is 526 g/mol. The van der Waals surface area contributed by atoms with Gasteiger partial charge in [-0.3, -0.25) is 4.68 Å². The number of carboxylic acids is 1. The third-order valence-electron chi connectivity index (χ3n) is 6.73. The van der Waals surface area contributed by atoms with E-state index in [-0.39, 0.29) is 55.8 Å². The molecule has 40 heavy (non-hydrogen) atoms. The molecule has 1 aliphatic heterocycles. The summed E-state index contributed by atoms with van der Waals surface area (Å²) in [6.45, 7) is 2.61. The van der Waals surface area contributed by atoms with Crippen LogP contribution in [-0.2, 0) is 11.3 Å². The molecule has 0 spiro atoms. The summed E-state index contributed by atoms with van der Waals surface area (Å²) in [6.07, 6.45) is 2.38. The van der Waals surface area contributed by atoms with Crippen molar-refractivity contribution in [3.63, 3.8) is 0 Å². The minimum atomic E-state index is -1.55. The fourth-order valence-electron chi connectivity index (χ4n) is 4.54. The first-order valence-corrected chi connectivity index (χ1v) is 12.6. The Balaban J connectivity index is 1.45. The molecule has 4 aromatic rings. The number of aromatic nitrogens is 5. The first kappa shape index (κ1) is 26.7. The van der Waals surface area contributed by atoms with Gasteiger partial charge in [0.25, 0.3) is 0 Å². The molecule has 3 N–H and O–H groups in total. The van der Waals surface area contributed by atoms with Gasteiger partial charge in [-0.2, -0.15) is 5.10 Å². The van der Waals surface area contributed by atoms with Crippen LogP contribution in [0, 0.1) is 11.6 Å². The largest absolute Gasteiger partial charge is 0.480 e. The zero-order valence-electron chi connectivity index (χ0n) is 21.5. The van der Waals surface area contributed by atoms with Gasteiger partial charge >= 0.3 is 12.0 Å². The highest BCUT2D eigenvalue weighted by atomic mass is 19.1. The Bertz CT molecular complexity index is 1520. The van der Waals surface area contributed by atoms with E-state index < -0.39 is 23.1 Å². The lowest BCUT2D eigenvalue weighted by molar-refractivity contribution is -0.143. The Morgan fingerprint density at radius 2 is 1.90 bits per heavy atom. The van der Waals surface area contributed by atoms with E-state index in [2.05, 4.69) is 30.9 Å². The van der Waals surface area contributed by atoms with Gasteiger partial charge in [0.15, 0.2) is 17.5 Å². The molecule has 0 unspecified atom stereocenters. The quantitative estimate of drug-likeness (QED) is 0.299. The number of likely N-dealkylation sites (tertiary alicyclic amines) is 1. The number of urea groups is 1. The van der Waals surface area contributed by atoms with Gasteiger partial charge in [0.1, 0.15) is 29.0 Å². The molecule has 1 aromatic carbocycles. The Hall–Kier alpha value is -4.88. The normalized spacial score (nSPS) is 14.6. The molecule has 0 aliphatic carbocycles. The topological polar surface area (TPSA) is 151 Å². The van der Waals surface area contributed by atoms with E-state index in [1.165, 1.54) is 21.9 Å². The minimum absolute atomic E-state index is 0.0150. The standard InChI is InChI=1S/C26H26F2N8O4/c1-2-29-25(39)35-10-8-26(9-11-35,24(37)38)32-22-18(28)14-30-23(31-22)20-13-21(19-7-12-40-34-19)36(33-20)15-16-5-3-4-6-17(16)27/h3-7,12-14H,2,8-11,15H2,1H3,(H,29,39)(H,37,38)(H,30,31,32). The molecule has 208 valence electrons. The first-order valence-electron chi connectivity index (χ1n) is 12.6. The lowest BCUT2D eigenvalue weighted by Crippen LogP contribution is -2.57. The average molecular weight is 553 g/mol. The zero-order chi connectivity index (χ0) is 28.3. The molecule has 14 heteroatoms. The lowest BCUT2D eigenvalue weighted by Gasteiger charge is -2.39. The van der Waals surface area contributed by atoms with Crippen LogP contribution in [0.4, 0.5) is 19.4 Å². The second-order valence-electron chi connectivity index (χ2n) is 9.27. The SMILES string of the molecule is CCNC(=O)N1CCC(Nc2nc(-c3cc(-c4ccon4)n(Cc4ccccc4F)n3)ncc2F)(C(=O)O)CC1. The van der Waals surface area contributed by atoms with Gasteiger partial charge in [0.05, 0.1) is 18.4 Å². The van der Waals surface area contributed by atoms with Gasteiger partial charge in [-0.25, -0.2) is 28.3 Å². The Morgan fingerprint density at radius 1 is 1.12 bits per heavy atom. The molecule has 1 fully saturated rings. The fourth-order valence-corrected chi connectivity index (χ4v) is 4.54. The Morgan fingerprint density at radius 3 is 2.58 bits per heavy atom. The summed E-state index contributed by atoms with van der Waals surface area (Å²) >= 11 is 0. The molecule has 4 heterocycles. The third kappa shape index (κ3) is 5.32. The van der Waals surface area contributed by atoms with Crippen LogP contribution < -0.4 is 10.6 Å². The van der Waals surface area contributed by atoms with E-state index in [1.807, 2.05) is 0 Å². The van der Waals surface area contributed by atoms with Crippen molar-refractivity contribution in [3.8, 4) is 22.9 Å². The maximum absolute atomic E-state index is 14.9. The van der Waals surface area contributed by atoms with Crippen molar-refractivity contribution < 1.29 is 28.0 Å². The van der Waals surface area contributed by atoms with Crippen molar-refractivity contribution in [2.24, 2.45) is 0 Å². The summed E-state index contributed by atoms with van der Waals surface area (Å²) in [4.78, 5) is 34.3. The third-order valence-corrected chi connectivity index (χ3v) is 6.73. The highest BCUT2D eigenvalue weighted by Crippen LogP contribution is 2.30. The van der Waals surface area contributed by atoms with Crippen molar-refractivity contribution in [1.29, 1.82) is 0 Å². The van der Waals surface area contributed by atoms with Crippen LogP contribution in [0.1, 0.15) is 25.3 Å². The number of hydrogen-bond acceptors (Lipinski definition) is 8. The summed E-state index contributed by atoms with van der Waals surface area (Å²) in [5.74, 6) is -2.75. The first-order chi connectivity index (χ1) is 19.3. The van der Waals surface area contributed by atoms with Crippen LogP contribution in [0.2, 0.25) is 0 Å². The number of nitrogens with zero attached hydrogens (tertiary/aromatic N) is 6. The number of carbonyl (C=O) groups excluding carboxylic acids is 1. The lowest BCUT2D eigenvalue weighted by atomic mass is 9.87. The second-order valence-corrected chi connectivity index (χ2v) is 9.27. The number of nitrogens with one attached hydrogen (secondary N) is 2. The number of hydrogen-bond donors (Lipinski definition) is 3. The van der Waals surface area contributed by atoms with Gasteiger partial charge in [-0.05, 0) is 31.9 Å². The molecule has 5 rings (SSSR count). The molecule has 1 saturated heterocycles. The number of piperidine rings is 1. The highest BCUT2D eigenvalue weighted by Gasteiger charge is 2.43. The van der Waals surface area contributed by atoms with Gasteiger partial charge in [-0.15, -0.1) is 0 Å². The average Bonchev–Trinajstić information content (AvgIpc) is 3.62. The maximum atomic E-state index is 14.9. The second kappa shape index (κ2) is 11.1. The number of carboxylic acid groups (broad SMARTS) is 1. The number of anilines is 1. The molecule has 0 radical (unpaired) electrons. The summed E-state index contributed by atoms with van der Waals surface area (Å²) in [5, 5.41) is 24.0. The molecular formula is C26H26F2N8O4. The van der Waals surface area contributed by atoms with Crippen LogP contribution in [0.15, 0.2) is 53.4 Å². The van der Waals surface area contributed by atoms with E-state index in [1.54, 1.807) is 37.3 Å². The number of amides is 2. The minimum Gasteiger partial charge on any atom is -0.480 e. The molecule has 0 bridgehead atoms. The van der Waals surface area contributed by atoms with Crippen molar-refractivity contribution in [1.82, 2.24) is 35.1 Å². The predicted molar refractivity (Wildman–Crippen MR) is 138 cm³/mol. The van der Waals surface area contributed by atoms with Gasteiger partial charge in [-0.1, -0.05) is 23.4 Å². The Labute approximate surface area is 227 Å². The van der Waals surface area contributed by atoms with E-state index in [9.17, 15) is 23.5 Å². The van der Waals surface area contributed by atoms with Crippen LogP contribution >= 0.6 is 0 Å². The predicted octanol–water partition coefficient (Wildman–Crippen LogP) is 3.38. The van der Waals surface area contributed by atoms with Crippen LogP contribution in [0.3, 0.4) is 0 Å². The summed E-state index contributed by atoms with van der Waals surface area (Å²) in [7, 11) is 0. The smallest absolute Gasteiger partial charge is 0.329 e. The maximum Gasteiger partial charge on any atom is 0.329 e. The van der Waals surface area contributed by atoms with Crippen molar-refractivity contribution in [2.75, 3.05) is 25.0 Å². The monoisotopic (exact) mass is 552 g/mol. The molecule has 1 aliphatic rings. The number of halogens is 2. The van der Waals surface area contributed by atoms with E-state index in [0.717, 1.165) is 6.20 Å². The summed E-state index contributed by atoms with van der Waals surface area (Å²) < 4.78 is 35.7. The number of aliphatic carboxylic acids is 1. The van der Waals surface area contributed by atoms with Crippen LogP contribution in [0.5, 0.6) is 0 Å². The number of rotatable bonds is 8. The van der Waals surface area contributed by atoms with Crippen LogP contribution in [0.25, 0.3) is 22.9 Å². The van der Waals surface area contributed by atoms with Crippen molar-refractivity contribution in [3.05, 3.63) is 66.1 Å². The number of carbonyl (C=O) groups is 2. The molecule has 0 saturated carbocycles. The van der Waals surface area contributed by atoms with E-state index in [0.29, 0.717) is 23.5 Å². The van der Waals surface area contributed by atoms with Gasteiger partial charge in [0.2, 0.25) is 0 Å². The number of benzene rings is 1. The fraction of sp³-hybridized carbons (Fsp3) is 0.308. The molecule has 0 atom stereocenters. The Kier molecular flexibility index (Phi) is 7.40. The van der Waals surface area contributed by atoms with E-state index in [4.69, 9.17) is 4.52 Å². The highest BCUT2D eigenvalue weighted by molar-refractivity contribution is 5.83. The van der Waals surface area contributed by atoms with Gasteiger partial charge < -0.3 is 25.2 Å². The molecule has 12 nitrogen and oxygen atoms in total. The van der Waals surface area contributed by atoms with E-state index >= 15 is 0 Å². The zero-order valence-corrected chi connectivity index (χ0v) is 21.5. The summed E-state index contributed by atoms with van der Waals surface area (Å²) in [5.41, 5.74) is -0.0289. The van der Waals surface area contributed by atoms with Crippen LogP contribution in [-0.4, -0.2) is 72.1 Å².